The molecule has 2 heteroatoms. The van der Waals surface area contributed by atoms with Gasteiger partial charge in [-0.15, -0.1) is 0 Å². The highest BCUT2D eigenvalue weighted by Gasteiger charge is 2.24. The summed E-state index contributed by atoms with van der Waals surface area (Å²) in [7, 11) is 0. The maximum absolute atomic E-state index is 3.67. The smallest absolute Gasteiger partial charge is 0.00721 e. The summed E-state index contributed by atoms with van der Waals surface area (Å²) in [4.78, 5) is 0. The molecular weight excluding hydrogens is 184 g/mol. The van der Waals surface area contributed by atoms with Crippen LogP contribution < -0.4 is 10.6 Å². The fraction of sp³-hybridized carbons (Fsp3) is 1.00. The van der Waals surface area contributed by atoms with Crippen molar-refractivity contribution in [3.8, 4) is 0 Å². The Hall–Kier alpha value is -0.0800. The Morgan fingerprint density at radius 2 is 2.20 bits per heavy atom. The van der Waals surface area contributed by atoms with Crippen LogP contribution in [0.4, 0.5) is 0 Å². The summed E-state index contributed by atoms with van der Waals surface area (Å²) in [5.41, 5.74) is 0. The molecule has 1 aliphatic heterocycles. The van der Waals surface area contributed by atoms with E-state index in [1.165, 1.54) is 58.2 Å². The zero-order valence-corrected chi connectivity index (χ0v) is 10.1. The first-order valence-electron chi connectivity index (χ1n) is 6.78. The molecular formula is C13H26N2. The normalized spacial score (nSPS) is 36.2. The van der Waals surface area contributed by atoms with Gasteiger partial charge in [0.25, 0.3) is 0 Å². The molecule has 0 amide bonds. The van der Waals surface area contributed by atoms with Crippen molar-refractivity contribution >= 4 is 0 Å². The van der Waals surface area contributed by atoms with Gasteiger partial charge in [0.1, 0.15) is 0 Å². The van der Waals surface area contributed by atoms with Gasteiger partial charge in [0.15, 0.2) is 0 Å². The SMILES string of the molecule is CC1CC(NCCCC2CCCNC2)C1. The predicted octanol–water partition coefficient (Wildman–Crippen LogP) is 2.15. The van der Waals surface area contributed by atoms with E-state index in [9.17, 15) is 0 Å². The molecule has 15 heavy (non-hydrogen) atoms. The first kappa shape index (κ1) is 11.4. The van der Waals surface area contributed by atoms with Crippen LogP contribution in [0.15, 0.2) is 0 Å². The lowest BCUT2D eigenvalue weighted by molar-refractivity contribution is 0.238. The monoisotopic (exact) mass is 210 g/mol. The molecule has 1 atom stereocenters. The van der Waals surface area contributed by atoms with E-state index >= 15 is 0 Å². The lowest BCUT2D eigenvalue weighted by atomic mass is 9.82. The second-order valence-electron chi connectivity index (χ2n) is 5.58. The third-order valence-electron chi connectivity index (χ3n) is 3.99. The minimum absolute atomic E-state index is 0.851. The summed E-state index contributed by atoms with van der Waals surface area (Å²) >= 11 is 0. The van der Waals surface area contributed by atoms with Crippen molar-refractivity contribution in [2.45, 2.75) is 51.5 Å². The van der Waals surface area contributed by atoms with Crippen molar-refractivity contribution in [1.29, 1.82) is 0 Å². The molecule has 2 fully saturated rings. The topological polar surface area (TPSA) is 24.1 Å². The van der Waals surface area contributed by atoms with E-state index in [2.05, 4.69) is 17.6 Å². The molecule has 0 aromatic heterocycles. The average Bonchev–Trinajstić information content (AvgIpc) is 2.23. The maximum atomic E-state index is 3.67. The van der Waals surface area contributed by atoms with E-state index in [1.807, 2.05) is 0 Å². The maximum Gasteiger partial charge on any atom is 0.00721 e. The fourth-order valence-corrected chi connectivity index (χ4v) is 2.94. The Kier molecular flexibility index (Phi) is 4.45. The largest absolute Gasteiger partial charge is 0.316 e. The van der Waals surface area contributed by atoms with Gasteiger partial charge in [-0.3, -0.25) is 0 Å². The molecule has 1 unspecified atom stereocenters. The van der Waals surface area contributed by atoms with Crippen LogP contribution in [0.3, 0.4) is 0 Å². The molecule has 0 bridgehead atoms. The van der Waals surface area contributed by atoms with Crippen LogP contribution in [0.2, 0.25) is 0 Å². The van der Waals surface area contributed by atoms with Gasteiger partial charge in [0.05, 0.1) is 0 Å². The Balaban J connectivity index is 1.44. The van der Waals surface area contributed by atoms with Crippen molar-refractivity contribution in [2.24, 2.45) is 11.8 Å². The first-order chi connectivity index (χ1) is 7.34. The lowest BCUT2D eigenvalue weighted by Gasteiger charge is -2.33. The second-order valence-corrected chi connectivity index (χ2v) is 5.58. The van der Waals surface area contributed by atoms with Gasteiger partial charge >= 0.3 is 0 Å². The van der Waals surface area contributed by atoms with E-state index in [0.29, 0.717) is 0 Å². The highest BCUT2D eigenvalue weighted by Crippen LogP contribution is 2.26. The van der Waals surface area contributed by atoms with Crippen LogP contribution in [0.1, 0.15) is 45.4 Å². The predicted molar refractivity (Wildman–Crippen MR) is 65.0 cm³/mol. The van der Waals surface area contributed by atoms with Gasteiger partial charge in [-0.05, 0) is 70.0 Å². The number of nitrogens with one attached hydrogen (secondary N) is 2. The zero-order valence-electron chi connectivity index (χ0n) is 10.1. The van der Waals surface area contributed by atoms with Crippen LogP contribution in [0.25, 0.3) is 0 Å². The number of rotatable bonds is 5. The highest BCUT2D eigenvalue weighted by molar-refractivity contribution is 4.82. The highest BCUT2D eigenvalue weighted by atomic mass is 14.9. The van der Waals surface area contributed by atoms with Gasteiger partial charge in [-0.25, -0.2) is 0 Å². The molecule has 2 rings (SSSR count). The Labute approximate surface area is 94.2 Å². The molecule has 2 N–H and O–H groups in total. The lowest BCUT2D eigenvalue weighted by Crippen LogP contribution is -2.40. The van der Waals surface area contributed by atoms with Crippen molar-refractivity contribution in [1.82, 2.24) is 10.6 Å². The molecule has 0 aromatic carbocycles. The van der Waals surface area contributed by atoms with Crippen LogP contribution in [-0.4, -0.2) is 25.7 Å². The van der Waals surface area contributed by atoms with Crippen molar-refractivity contribution in [2.75, 3.05) is 19.6 Å². The van der Waals surface area contributed by atoms with Gasteiger partial charge in [0.2, 0.25) is 0 Å². The van der Waals surface area contributed by atoms with E-state index in [1.54, 1.807) is 0 Å². The first-order valence-corrected chi connectivity index (χ1v) is 6.78. The molecule has 1 saturated carbocycles. The van der Waals surface area contributed by atoms with Gasteiger partial charge in [-0.1, -0.05) is 6.92 Å². The number of hydrogen-bond acceptors (Lipinski definition) is 2. The average molecular weight is 210 g/mol. The van der Waals surface area contributed by atoms with Crippen molar-refractivity contribution in [3.63, 3.8) is 0 Å². The van der Waals surface area contributed by atoms with Crippen molar-refractivity contribution < 1.29 is 0 Å². The summed E-state index contributed by atoms with van der Waals surface area (Å²) in [6.07, 6.45) is 8.45. The Morgan fingerprint density at radius 1 is 1.33 bits per heavy atom. The molecule has 0 spiro atoms. The number of piperidine rings is 1. The molecule has 1 heterocycles. The fourth-order valence-electron chi connectivity index (χ4n) is 2.94. The minimum Gasteiger partial charge on any atom is -0.316 e. The Bertz CT molecular complexity index is 169. The third-order valence-corrected chi connectivity index (χ3v) is 3.99. The summed E-state index contributed by atoms with van der Waals surface area (Å²) in [5, 5.41) is 7.16. The van der Waals surface area contributed by atoms with Crippen LogP contribution in [0.5, 0.6) is 0 Å². The molecule has 1 saturated heterocycles. The van der Waals surface area contributed by atoms with E-state index < -0.39 is 0 Å². The minimum atomic E-state index is 0.851. The van der Waals surface area contributed by atoms with E-state index in [0.717, 1.165) is 17.9 Å². The summed E-state index contributed by atoms with van der Waals surface area (Å²) < 4.78 is 0. The standard InChI is InChI=1S/C13H26N2/c1-11-8-13(9-11)15-7-3-5-12-4-2-6-14-10-12/h11-15H,2-10H2,1H3. The number of hydrogen-bond donors (Lipinski definition) is 2. The third kappa shape index (κ3) is 3.76. The molecule has 0 aromatic rings. The van der Waals surface area contributed by atoms with E-state index in [4.69, 9.17) is 0 Å². The summed E-state index contributed by atoms with van der Waals surface area (Å²) in [6.45, 7) is 6.11. The van der Waals surface area contributed by atoms with Gasteiger partial charge in [-0.2, -0.15) is 0 Å². The van der Waals surface area contributed by atoms with Crippen molar-refractivity contribution in [3.05, 3.63) is 0 Å². The van der Waals surface area contributed by atoms with Crippen LogP contribution >= 0.6 is 0 Å². The zero-order chi connectivity index (χ0) is 10.5. The van der Waals surface area contributed by atoms with Gasteiger partial charge in [0, 0.05) is 6.04 Å². The van der Waals surface area contributed by atoms with Crippen LogP contribution in [-0.2, 0) is 0 Å². The van der Waals surface area contributed by atoms with Gasteiger partial charge < -0.3 is 10.6 Å². The molecule has 2 aliphatic rings. The second kappa shape index (κ2) is 5.86. The molecule has 88 valence electrons. The molecule has 1 aliphatic carbocycles. The Morgan fingerprint density at radius 3 is 2.87 bits per heavy atom. The molecule has 0 radical (unpaired) electrons. The van der Waals surface area contributed by atoms with E-state index in [-0.39, 0.29) is 0 Å². The summed E-state index contributed by atoms with van der Waals surface area (Å²) in [6, 6.07) is 0.851. The quantitative estimate of drug-likeness (QED) is 0.680. The van der Waals surface area contributed by atoms with Crippen LogP contribution in [0, 0.1) is 11.8 Å². The molecule has 2 nitrogen and oxygen atoms in total. The summed E-state index contributed by atoms with van der Waals surface area (Å²) in [5.74, 6) is 1.94.